The molecule has 1 fully saturated rings. The smallest absolute Gasteiger partial charge is 0.279 e. The Bertz CT molecular complexity index is 662. The lowest BCUT2D eigenvalue weighted by Crippen LogP contribution is -2.40. The molecule has 1 N–H and O–H groups in total. The average molecular weight is 275 g/mol. The van der Waals surface area contributed by atoms with Gasteiger partial charge in [-0.15, -0.1) is 0 Å². The summed E-state index contributed by atoms with van der Waals surface area (Å²) < 4.78 is 6.89. The molecule has 106 valence electrons. The summed E-state index contributed by atoms with van der Waals surface area (Å²) in [6.07, 6.45) is 4.62. The minimum Gasteiger partial charge on any atom is -0.396 e. The number of ether oxygens (including phenoxy) is 1. The number of hydrogen-bond acceptors (Lipinski definition) is 5. The molecule has 3 heterocycles. The molecule has 20 heavy (non-hydrogen) atoms. The number of nitrogens with zero attached hydrogens (tertiary/aromatic N) is 3. The van der Waals surface area contributed by atoms with E-state index in [-0.39, 0.29) is 17.6 Å². The van der Waals surface area contributed by atoms with Crippen LogP contribution in [0.25, 0.3) is 11.0 Å². The molecule has 2 aromatic rings. The standard InChI is InChI=1S/C14H17N3O3/c18-9-14(3-6-20-7-4-14)8-17-10-16-11-2-1-5-15-12(11)13(17)19/h1-2,5,10,18H,3-4,6-9H2. The molecule has 0 aromatic carbocycles. The minimum absolute atomic E-state index is 0.0447. The monoisotopic (exact) mass is 275 g/mol. The minimum atomic E-state index is -0.299. The molecule has 1 aliphatic heterocycles. The molecule has 1 saturated heterocycles. The molecule has 0 amide bonds. The van der Waals surface area contributed by atoms with Gasteiger partial charge in [0.15, 0.2) is 5.52 Å². The zero-order chi connectivity index (χ0) is 14.0. The molecule has 2 aromatic heterocycles. The van der Waals surface area contributed by atoms with Gasteiger partial charge >= 0.3 is 0 Å². The third-order valence-corrected chi connectivity index (χ3v) is 3.98. The fourth-order valence-corrected chi connectivity index (χ4v) is 2.63. The van der Waals surface area contributed by atoms with Crippen LogP contribution >= 0.6 is 0 Å². The Morgan fingerprint density at radius 3 is 2.90 bits per heavy atom. The lowest BCUT2D eigenvalue weighted by molar-refractivity contribution is -0.0258. The van der Waals surface area contributed by atoms with Crippen molar-refractivity contribution < 1.29 is 9.84 Å². The highest BCUT2D eigenvalue weighted by Gasteiger charge is 2.33. The predicted octanol–water partition coefficient (Wildman–Crippen LogP) is 0.581. The van der Waals surface area contributed by atoms with E-state index in [0.29, 0.717) is 30.8 Å². The van der Waals surface area contributed by atoms with E-state index in [2.05, 4.69) is 9.97 Å². The van der Waals surface area contributed by atoms with Crippen LogP contribution in [0, 0.1) is 5.41 Å². The van der Waals surface area contributed by atoms with E-state index in [1.54, 1.807) is 29.2 Å². The molecule has 0 atom stereocenters. The quantitative estimate of drug-likeness (QED) is 0.886. The number of rotatable bonds is 3. The van der Waals surface area contributed by atoms with E-state index in [1.165, 1.54) is 0 Å². The molecule has 0 unspecified atom stereocenters. The maximum Gasteiger partial charge on any atom is 0.279 e. The summed E-state index contributed by atoms with van der Waals surface area (Å²) in [5.74, 6) is 0. The molecule has 0 saturated carbocycles. The molecular weight excluding hydrogens is 258 g/mol. The van der Waals surface area contributed by atoms with Crippen LogP contribution in [0.1, 0.15) is 12.8 Å². The van der Waals surface area contributed by atoms with Crippen LogP contribution in [-0.4, -0.2) is 39.5 Å². The highest BCUT2D eigenvalue weighted by molar-refractivity contribution is 5.71. The Labute approximate surface area is 116 Å². The third-order valence-electron chi connectivity index (χ3n) is 3.98. The van der Waals surface area contributed by atoms with Crippen LogP contribution < -0.4 is 5.56 Å². The van der Waals surface area contributed by atoms with Crippen LogP contribution in [0.2, 0.25) is 0 Å². The van der Waals surface area contributed by atoms with Crippen LogP contribution in [0.4, 0.5) is 0 Å². The van der Waals surface area contributed by atoms with E-state index in [1.807, 2.05) is 0 Å². The molecule has 6 nitrogen and oxygen atoms in total. The first kappa shape index (κ1) is 13.2. The Morgan fingerprint density at radius 2 is 2.15 bits per heavy atom. The van der Waals surface area contributed by atoms with Crippen molar-refractivity contribution in [2.24, 2.45) is 5.41 Å². The van der Waals surface area contributed by atoms with Gasteiger partial charge in [-0.25, -0.2) is 9.97 Å². The van der Waals surface area contributed by atoms with Gasteiger partial charge in [0.1, 0.15) is 0 Å². The molecule has 0 radical (unpaired) electrons. The van der Waals surface area contributed by atoms with E-state index in [0.717, 1.165) is 12.8 Å². The van der Waals surface area contributed by atoms with E-state index in [4.69, 9.17) is 4.74 Å². The molecule has 6 heteroatoms. The zero-order valence-electron chi connectivity index (χ0n) is 11.2. The van der Waals surface area contributed by atoms with Gasteiger partial charge in [0.25, 0.3) is 5.56 Å². The van der Waals surface area contributed by atoms with Gasteiger partial charge in [-0.1, -0.05) is 0 Å². The number of fused-ring (bicyclic) bond motifs is 1. The molecule has 0 spiro atoms. The predicted molar refractivity (Wildman–Crippen MR) is 73.4 cm³/mol. The third kappa shape index (κ3) is 2.32. The Hall–Kier alpha value is -1.79. The Morgan fingerprint density at radius 1 is 1.35 bits per heavy atom. The van der Waals surface area contributed by atoms with Gasteiger partial charge in [-0.3, -0.25) is 9.36 Å². The van der Waals surface area contributed by atoms with E-state index in [9.17, 15) is 9.90 Å². The molecule has 1 aliphatic rings. The van der Waals surface area contributed by atoms with Gasteiger partial charge in [0.05, 0.1) is 18.5 Å². The SMILES string of the molecule is O=c1c2ncccc2ncn1CC1(CO)CCOCC1. The van der Waals surface area contributed by atoms with Gasteiger partial charge < -0.3 is 9.84 Å². The summed E-state index contributed by atoms with van der Waals surface area (Å²) in [5.41, 5.74) is 0.510. The molecule has 0 bridgehead atoms. The van der Waals surface area contributed by atoms with Crippen LogP contribution in [-0.2, 0) is 11.3 Å². The number of aliphatic hydroxyl groups excluding tert-OH is 1. The first-order valence-corrected chi connectivity index (χ1v) is 6.73. The number of hydrogen-bond donors (Lipinski definition) is 1. The van der Waals surface area contributed by atoms with Crippen molar-refractivity contribution in [1.29, 1.82) is 0 Å². The maximum atomic E-state index is 12.4. The molecular formula is C14H17N3O3. The molecule has 3 rings (SSSR count). The number of aliphatic hydroxyl groups is 1. The van der Waals surface area contributed by atoms with Gasteiger partial charge in [-0.05, 0) is 25.0 Å². The van der Waals surface area contributed by atoms with Crippen molar-refractivity contribution in [3.8, 4) is 0 Å². The summed E-state index contributed by atoms with van der Waals surface area (Å²) in [7, 11) is 0. The lowest BCUT2D eigenvalue weighted by atomic mass is 9.81. The number of pyridine rings is 1. The van der Waals surface area contributed by atoms with Crippen LogP contribution in [0.15, 0.2) is 29.5 Å². The zero-order valence-corrected chi connectivity index (χ0v) is 11.2. The maximum absolute atomic E-state index is 12.4. The van der Waals surface area contributed by atoms with Crippen molar-refractivity contribution >= 4 is 11.0 Å². The van der Waals surface area contributed by atoms with Crippen molar-refractivity contribution in [1.82, 2.24) is 14.5 Å². The van der Waals surface area contributed by atoms with Crippen molar-refractivity contribution in [2.75, 3.05) is 19.8 Å². The Kier molecular flexibility index (Phi) is 3.50. The normalized spacial score (nSPS) is 18.2. The van der Waals surface area contributed by atoms with Crippen molar-refractivity contribution in [3.63, 3.8) is 0 Å². The summed E-state index contributed by atoms with van der Waals surface area (Å²) in [5, 5.41) is 9.70. The lowest BCUT2D eigenvalue weighted by Gasteiger charge is -2.35. The van der Waals surface area contributed by atoms with Crippen LogP contribution in [0.3, 0.4) is 0 Å². The van der Waals surface area contributed by atoms with E-state index < -0.39 is 0 Å². The van der Waals surface area contributed by atoms with Gasteiger partial charge in [0, 0.05) is 31.4 Å². The fourth-order valence-electron chi connectivity index (χ4n) is 2.63. The largest absolute Gasteiger partial charge is 0.396 e. The van der Waals surface area contributed by atoms with E-state index >= 15 is 0 Å². The highest BCUT2D eigenvalue weighted by atomic mass is 16.5. The second-order valence-corrected chi connectivity index (χ2v) is 5.32. The summed E-state index contributed by atoms with van der Waals surface area (Å²) >= 11 is 0. The summed E-state index contributed by atoms with van der Waals surface area (Å²) in [4.78, 5) is 20.8. The Balaban J connectivity index is 1.98. The van der Waals surface area contributed by atoms with Crippen molar-refractivity contribution in [3.05, 3.63) is 35.0 Å². The summed E-state index contributed by atoms with van der Waals surface area (Å²) in [6.45, 7) is 1.73. The van der Waals surface area contributed by atoms with Crippen LogP contribution in [0.5, 0.6) is 0 Å². The first-order valence-electron chi connectivity index (χ1n) is 6.73. The summed E-state index contributed by atoms with van der Waals surface area (Å²) in [6, 6.07) is 3.52. The second-order valence-electron chi connectivity index (χ2n) is 5.32. The average Bonchev–Trinajstić information content (AvgIpc) is 2.51. The topological polar surface area (TPSA) is 77.2 Å². The van der Waals surface area contributed by atoms with Gasteiger partial charge in [0.2, 0.25) is 0 Å². The van der Waals surface area contributed by atoms with Gasteiger partial charge in [-0.2, -0.15) is 0 Å². The highest BCUT2D eigenvalue weighted by Crippen LogP contribution is 2.31. The van der Waals surface area contributed by atoms with Crippen molar-refractivity contribution in [2.45, 2.75) is 19.4 Å². The second kappa shape index (κ2) is 5.30. The first-order chi connectivity index (χ1) is 9.74. The fraction of sp³-hybridized carbons (Fsp3) is 0.500. The number of aromatic nitrogens is 3. The molecule has 0 aliphatic carbocycles.